The minimum absolute atomic E-state index is 0. The molecule has 0 atom stereocenters. The third-order valence-corrected chi connectivity index (χ3v) is 6.43. The van der Waals surface area contributed by atoms with Crippen molar-refractivity contribution in [1.29, 1.82) is 0 Å². The zero-order valence-electron chi connectivity index (χ0n) is 18.6. The summed E-state index contributed by atoms with van der Waals surface area (Å²) >= 11 is 1.54. The smallest absolute Gasteiger partial charge is 0.0454 e. The molecule has 3 aromatic carbocycles. The number of fused-ring (bicyclic) bond motifs is 1. The van der Waals surface area contributed by atoms with E-state index in [9.17, 15) is 0 Å². The van der Waals surface area contributed by atoms with Crippen LogP contribution in [0.5, 0.6) is 0 Å². The van der Waals surface area contributed by atoms with Crippen molar-refractivity contribution in [2.24, 2.45) is 0 Å². The molecule has 0 unspecified atom stereocenters. The third kappa shape index (κ3) is 5.05. The van der Waals surface area contributed by atoms with Crippen LogP contribution in [0.4, 0.5) is 0 Å². The van der Waals surface area contributed by atoms with E-state index in [1.165, 1.54) is 38.3 Å². The summed E-state index contributed by atoms with van der Waals surface area (Å²) < 4.78 is 5.70. The van der Waals surface area contributed by atoms with Crippen LogP contribution in [0, 0.1) is 39.8 Å². The van der Waals surface area contributed by atoms with Crippen molar-refractivity contribution in [1.82, 2.24) is 9.36 Å². The second-order valence-electron chi connectivity index (χ2n) is 7.50. The summed E-state index contributed by atoms with van der Waals surface area (Å²) in [6.45, 7) is 8.48. The maximum Gasteiger partial charge on any atom is 0.0454 e. The minimum atomic E-state index is 0. The standard InChI is InChI=1S/C15H16N.C13H8NS.Ir/c1-10-11(2)13(4)16-15(12(10)3)14-8-6-5-7-9-14;1-2-6-10(7-3-1)13-11-8-4-5-9-12(11)15-14-13;/h5-8H,1-4H3;1-6,8-9H;/q2*-1;. The van der Waals surface area contributed by atoms with Gasteiger partial charge in [-0.15, -0.1) is 71.8 Å². The van der Waals surface area contributed by atoms with Crippen LogP contribution in [-0.2, 0) is 20.1 Å². The Kier molecular flexibility index (Phi) is 8.09. The Morgan fingerprint density at radius 3 is 1.88 bits per heavy atom. The first-order valence-electron chi connectivity index (χ1n) is 10.3. The molecule has 5 rings (SSSR count). The molecule has 32 heavy (non-hydrogen) atoms. The summed E-state index contributed by atoms with van der Waals surface area (Å²) in [5.41, 5.74) is 9.22. The second kappa shape index (κ2) is 10.8. The second-order valence-corrected chi connectivity index (χ2v) is 8.31. The fraction of sp³-hybridized carbons (Fsp3) is 0.143. The summed E-state index contributed by atoms with van der Waals surface area (Å²) in [5, 5.41) is 1.21. The molecule has 0 aliphatic heterocycles. The Labute approximate surface area is 207 Å². The van der Waals surface area contributed by atoms with E-state index in [4.69, 9.17) is 0 Å². The van der Waals surface area contributed by atoms with Crippen LogP contribution in [0.2, 0.25) is 0 Å². The number of benzene rings is 3. The monoisotopic (exact) mass is 613 g/mol. The van der Waals surface area contributed by atoms with Crippen LogP contribution in [0.15, 0.2) is 72.8 Å². The van der Waals surface area contributed by atoms with Gasteiger partial charge in [0, 0.05) is 36.2 Å². The topological polar surface area (TPSA) is 25.8 Å². The molecular formula is C28H24IrN2S-2. The van der Waals surface area contributed by atoms with E-state index < -0.39 is 0 Å². The van der Waals surface area contributed by atoms with Gasteiger partial charge in [-0.3, -0.25) is 0 Å². The molecule has 1 radical (unpaired) electrons. The first-order chi connectivity index (χ1) is 15.1. The van der Waals surface area contributed by atoms with Crippen molar-refractivity contribution in [3.05, 3.63) is 107 Å². The van der Waals surface area contributed by atoms with Crippen molar-refractivity contribution in [3.8, 4) is 22.5 Å². The molecule has 0 spiro atoms. The zero-order chi connectivity index (χ0) is 21.8. The number of aryl methyl sites for hydroxylation is 1. The summed E-state index contributed by atoms with van der Waals surface area (Å²) in [5.74, 6) is 0. The number of aromatic nitrogens is 2. The largest absolute Gasteiger partial charge is 0.301 e. The molecule has 0 amide bonds. The van der Waals surface area contributed by atoms with Gasteiger partial charge in [0.1, 0.15) is 0 Å². The number of hydrogen-bond acceptors (Lipinski definition) is 3. The summed E-state index contributed by atoms with van der Waals surface area (Å²) in [4.78, 5) is 4.67. The van der Waals surface area contributed by atoms with E-state index in [2.05, 4.69) is 67.4 Å². The Hall–Kier alpha value is -2.65. The molecule has 163 valence electrons. The number of nitrogens with zero attached hydrogens (tertiary/aromatic N) is 2. The van der Waals surface area contributed by atoms with Gasteiger partial charge in [-0.1, -0.05) is 29.3 Å². The quantitative estimate of drug-likeness (QED) is 0.193. The van der Waals surface area contributed by atoms with Gasteiger partial charge in [0.2, 0.25) is 0 Å². The molecular weight excluding hydrogens is 589 g/mol. The van der Waals surface area contributed by atoms with Crippen LogP contribution in [0.1, 0.15) is 22.4 Å². The van der Waals surface area contributed by atoms with E-state index in [1.807, 2.05) is 54.6 Å². The zero-order valence-corrected chi connectivity index (χ0v) is 21.8. The first kappa shape index (κ1) is 24.0. The predicted octanol–water partition coefficient (Wildman–Crippen LogP) is 7.54. The SMILES string of the molecule is Cc1nc(-c2[c-]cccc2)c(C)c(C)c1C.[Ir].[c-]1ccccc1-c1nsc2ccccc12. The van der Waals surface area contributed by atoms with E-state index in [0.717, 1.165) is 28.2 Å². The number of hydrogen-bond donors (Lipinski definition) is 0. The molecule has 0 aliphatic carbocycles. The van der Waals surface area contributed by atoms with E-state index in [0.29, 0.717) is 0 Å². The maximum atomic E-state index is 4.67. The van der Waals surface area contributed by atoms with Gasteiger partial charge in [-0.25, -0.2) is 4.37 Å². The Morgan fingerprint density at radius 1 is 0.656 bits per heavy atom. The van der Waals surface area contributed by atoms with Gasteiger partial charge >= 0.3 is 0 Å². The fourth-order valence-electron chi connectivity index (χ4n) is 3.49. The number of rotatable bonds is 2. The fourth-order valence-corrected chi connectivity index (χ4v) is 4.28. The van der Waals surface area contributed by atoms with Crippen LogP contribution in [0.3, 0.4) is 0 Å². The van der Waals surface area contributed by atoms with Crippen molar-refractivity contribution >= 4 is 21.6 Å². The number of pyridine rings is 1. The first-order valence-corrected chi connectivity index (χ1v) is 11.1. The van der Waals surface area contributed by atoms with E-state index in [-0.39, 0.29) is 20.1 Å². The molecule has 0 N–H and O–H groups in total. The van der Waals surface area contributed by atoms with E-state index in [1.54, 1.807) is 0 Å². The summed E-state index contributed by atoms with van der Waals surface area (Å²) in [6, 6.07) is 30.7. The summed E-state index contributed by atoms with van der Waals surface area (Å²) in [6.07, 6.45) is 0. The van der Waals surface area contributed by atoms with Crippen LogP contribution in [0.25, 0.3) is 32.6 Å². The molecule has 0 aliphatic rings. The normalized spacial score (nSPS) is 10.2. The molecule has 0 saturated carbocycles. The molecule has 2 nitrogen and oxygen atoms in total. The van der Waals surface area contributed by atoms with Crippen molar-refractivity contribution < 1.29 is 20.1 Å². The van der Waals surface area contributed by atoms with E-state index >= 15 is 0 Å². The van der Waals surface area contributed by atoms with Crippen LogP contribution >= 0.6 is 11.5 Å². The molecule has 4 heteroatoms. The molecule has 2 heterocycles. The van der Waals surface area contributed by atoms with Gasteiger partial charge in [-0.2, -0.15) is 0 Å². The Balaban J connectivity index is 0.000000175. The van der Waals surface area contributed by atoms with Crippen molar-refractivity contribution in [2.45, 2.75) is 27.7 Å². The molecule has 0 saturated heterocycles. The van der Waals surface area contributed by atoms with Crippen molar-refractivity contribution in [2.75, 3.05) is 0 Å². The predicted molar refractivity (Wildman–Crippen MR) is 131 cm³/mol. The average molecular weight is 613 g/mol. The molecule has 0 fully saturated rings. The Bertz CT molecular complexity index is 1310. The van der Waals surface area contributed by atoms with Crippen LogP contribution in [-0.4, -0.2) is 9.36 Å². The van der Waals surface area contributed by atoms with Crippen LogP contribution < -0.4 is 0 Å². The van der Waals surface area contributed by atoms with Gasteiger partial charge in [0.25, 0.3) is 0 Å². The molecule has 2 aromatic heterocycles. The van der Waals surface area contributed by atoms with Gasteiger partial charge < -0.3 is 4.98 Å². The van der Waals surface area contributed by atoms with Gasteiger partial charge in [0.05, 0.1) is 0 Å². The third-order valence-electron chi connectivity index (χ3n) is 5.61. The Morgan fingerprint density at radius 2 is 1.25 bits per heavy atom. The van der Waals surface area contributed by atoms with Gasteiger partial charge in [0.15, 0.2) is 0 Å². The van der Waals surface area contributed by atoms with Crippen molar-refractivity contribution in [3.63, 3.8) is 0 Å². The maximum absolute atomic E-state index is 4.67. The van der Waals surface area contributed by atoms with Gasteiger partial charge in [-0.05, 0) is 61.9 Å². The molecule has 0 bridgehead atoms. The molecule has 5 aromatic rings. The minimum Gasteiger partial charge on any atom is -0.301 e. The average Bonchev–Trinajstić information content (AvgIpc) is 3.26. The summed E-state index contributed by atoms with van der Waals surface area (Å²) in [7, 11) is 0.